The lowest BCUT2D eigenvalue weighted by molar-refractivity contribution is 0.511. The van der Waals surface area contributed by atoms with Crippen molar-refractivity contribution in [3.8, 4) is 0 Å². The number of nitrogens with one attached hydrogen (secondary N) is 1. The Bertz CT molecular complexity index is 523. The summed E-state index contributed by atoms with van der Waals surface area (Å²) in [6.45, 7) is 6.72. The first kappa shape index (κ1) is 14.4. The van der Waals surface area contributed by atoms with Crippen LogP contribution >= 0.6 is 11.8 Å². The molecule has 0 fully saturated rings. The summed E-state index contributed by atoms with van der Waals surface area (Å²) in [5.41, 5.74) is 1.37. The zero-order valence-electron chi connectivity index (χ0n) is 12.0. The lowest BCUT2D eigenvalue weighted by atomic mass is 10.0. The molecule has 102 valence electrons. The molecule has 1 nitrogen and oxygen atoms in total. The predicted octanol–water partition coefficient (Wildman–Crippen LogP) is 4.63. The fraction of sp³-hybridized carbons (Fsp3) is 0.412. The van der Waals surface area contributed by atoms with Gasteiger partial charge in [0.05, 0.1) is 0 Å². The van der Waals surface area contributed by atoms with Crippen LogP contribution in [0.2, 0.25) is 0 Å². The predicted molar refractivity (Wildman–Crippen MR) is 88.0 cm³/mol. The molecular weight excluding hydrogens is 250 g/mol. The van der Waals surface area contributed by atoms with Crippen molar-refractivity contribution in [1.82, 2.24) is 5.32 Å². The highest BCUT2D eigenvalue weighted by molar-refractivity contribution is 7.99. The molecule has 0 amide bonds. The fourth-order valence-electron chi connectivity index (χ4n) is 2.34. The maximum atomic E-state index is 3.67. The first-order valence-corrected chi connectivity index (χ1v) is 8.18. The first-order valence-electron chi connectivity index (χ1n) is 7.03. The number of benzene rings is 2. The Morgan fingerprint density at radius 3 is 2.53 bits per heavy atom. The molecule has 1 N–H and O–H groups in total. The van der Waals surface area contributed by atoms with Crippen molar-refractivity contribution < 1.29 is 0 Å². The molecule has 0 aromatic heterocycles. The third kappa shape index (κ3) is 3.99. The van der Waals surface area contributed by atoms with Crippen LogP contribution in [0.5, 0.6) is 0 Å². The molecule has 2 aromatic carbocycles. The Morgan fingerprint density at radius 1 is 1.05 bits per heavy atom. The molecule has 0 bridgehead atoms. The average Bonchev–Trinajstić information content (AvgIpc) is 2.44. The van der Waals surface area contributed by atoms with Crippen LogP contribution in [0.15, 0.2) is 42.5 Å². The first-order chi connectivity index (χ1) is 9.20. The monoisotopic (exact) mass is 273 g/mol. The standard InChI is InChI=1S/C17H23NS/c1-4-19-12-13(2)18-14(3)16-10-9-15-7-5-6-8-17(15)11-16/h5-11,13-14,18H,4,12H2,1-3H3. The molecule has 19 heavy (non-hydrogen) atoms. The molecule has 2 unspecified atom stereocenters. The number of hydrogen-bond acceptors (Lipinski definition) is 2. The van der Waals surface area contributed by atoms with E-state index in [1.807, 2.05) is 11.8 Å². The molecule has 2 rings (SSSR count). The van der Waals surface area contributed by atoms with Crippen LogP contribution in [-0.2, 0) is 0 Å². The number of hydrogen-bond donors (Lipinski definition) is 1. The number of thioether (sulfide) groups is 1. The second-order valence-corrected chi connectivity index (χ2v) is 6.37. The molecule has 0 radical (unpaired) electrons. The van der Waals surface area contributed by atoms with Gasteiger partial charge in [-0.25, -0.2) is 0 Å². The molecule has 2 aromatic rings. The van der Waals surface area contributed by atoms with E-state index >= 15 is 0 Å². The van der Waals surface area contributed by atoms with Crippen molar-refractivity contribution in [2.45, 2.75) is 32.9 Å². The molecule has 0 aliphatic rings. The second kappa shape index (κ2) is 6.97. The summed E-state index contributed by atoms with van der Waals surface area (Å²) in [5, 5.41) is 6.31. The van der Waals surface area contributed by atoms with E-state index in [-0.39, 0.29) is 0 Å². The number of rotatable bonds is 6. The van der Waals surface area contributed by atoms with Crippen LogP contribution in [0.25, 0.3) is 10.8 Å². The summed E-state index contributed by atoms with van der Waals surface area (Å²) in [6.07, 6.45) is 0. The van der Waals surface area contributed by atoms with Gasteiger partial charge in [0.2, 0.25) is 0 Å². The fourth-order valence-corrected chi connectivity index (χ4v) is 3.03. The molecule has 0 spiro atoms. The van der Waals surface area contributed by atoms with Gasteiger partial charge in [0.1, 0.15) is 0 Å². The topological polar surface area (TPSA) is 12.0 Å². The summed E-state index contributed by atoms with van der Waals surface area (Å²) < 4.78 is 0. The molecule has 0 saturated heterocycles. The van der Waals surface area contributed by atoms with Crippen LogP contribution in [0.4, 0.5) is 0 Å². The summed E-state index contributed by atoms with van der Waals surface area (Å²) in [4.78, 5) is 0. The Hall–Kier alpha value is -0.990. The van der Waals surface area contributed by atoms with Crippen molar-refractivity contribution in [3.63, 3.8) is 0 Å². The highest BCUT2D eigenvalue weighted by Crippen LogP contribution is 2.20. The van der Waals surface area contributed by atoms with Crippen molar-refractivity contribution in [2.24, 2.45) is 0 Å². The van der Waals surface area contributed by atoms with Crippen molar-refractivity contribution in [2.75, 3.05) is 11.5 Å². The summed E-state index contributed by atoms with van der Waals surface area (Å²) in [7, 11) is 0. The molecule has 2 heteroatoms. The third-order valence-corrected chi connectivity index (χ3v) is 4.52. The molecule has 0 aliphatic carbocycles. The lowest BCUT2D eigenvalue weighted by Crippen LogP contribution is -2.30. The molecule has 0 saturated carbocycles. The Morgan fingerprint density at radius 2 is 1.79 bits per heavy atom. The van der Waals surface area contributed by atoms with Crippen LogP contribution in [0.3, 0.4) is 0 Å². The van der Waals surface area contributed by atoms with E-state index in [2.05, 4.69) is 68.6 Å². The largest absolute Gasteiger partial charge is 0.307 e. The maximum Gasteiger partial charge on any atom is 0.0294 e. The Labute approximate surface area is 120 Å². The SMILES string of the molecule is CCSCC(C)NC(C)c1ccc2ccccc2c1. The van der Waals surface area contributed by atoms with Gasteiger partial charge in [0.15, 0.2) is 0 Å². The van der Waals surface area contributed by atoms with Gasteiger partial charge in [-0.1, -0.05) is 43.3 Å². The summed E-state index contributed by atoms with van der Waals surface area (Å²) in [6, 6.07) is 16.2. The quantitative estimate of drug-likeness (QED) is 0.823. The summed E-state index contributed by atoms with van der Waals surface area (Å²) >= 11 is 1.99. The number of fused-ring (bicyclic) bond motifs is 1. The minimum atomic E-state index is 0.400. The van der Waals surface area contributed by atoms with Gasteiger partial charge in [-0.05, 0) is 42.0 Å². The van der Waals surface area contributed by atoms with E-state index in [0.29, 0.717) is 12.1 Å². The maximum absolute atomic E-state index is 3.67. The summed E-state index contributed by atoms with van der Waals surface area (Å²) in [5.74, 6) is 2.37. The lowest BCUT2D eigenvalue weighted by Gasteiger charge is -2.20. The van der Waals surface area contributed by atoms with E-state index < -0.39 is 0 Å². The van der Waals surface area contributed by atoms with E-state index in [1.165, 1.54) is 27.8 Å². The van der Waals surface area contributed by atoms with Gasteiger partial charge in [0.25, 0.3) is 0 Å². The van der Waals surface area contributed by atoms with E-state index in [9.17, 15) is 0 Å². The van der Waals surface area contributed by atoms with Crippen LogP contribution < -0.4 is 5.32 Å². The highest BCUT2D eigenvalue weighted by atomic mass is 32.2. The van der Waals surface area contributed by atoms with Crippen molar-refractivity contribution in [1.29, 1.82) is 0 Å². The third-order valence-electron chi connectivity index (χ3n) is 3.38. The van der Waals surface area contributed by atoms with E-state index in [4.69, 9.17) is 0 Å². The highest BCUT2D eigenvalue weighted by Gasteiger charge is 2.09. The van der Waals surface area contributed by atoms with Crippen molar-refractivity contribution in [3.05, 3.63) is 48.0 Å². The van der Waals surface area contributed by atoms with Gasteiger partial charge in [-0.2, -0.15) is 11.8 Å². The van der Waals surface area contributed by atoms with Gasteiger partial charge in [0, 0.05) is 17.8 Å². The van der Waals surface area contributed by atoms with E-state index in [1.54, 1.807) is 0 Å². The van der Waals surface area contributed by atoms with Crippen molar-refractivity contribution >= 4 is 22.5 Å². The molecular formula is C17H23NS. The van der Waals surface area contributed by atoms with Gasteiger partial charge >= 0.3 is 0 Å². The Balaban J connectivity index is 2.06. The van der Waals surface area contributed by atoms with Crippen LogP contribution in [0, 0.1) is 0 Å². The van der Waals surface area contributed by atoms with Gasteiger partial charge in [-0.15, -0.1) is 0 Å². The zero-order valence-corrected chi connectivity index (χ0v) is 12.8. The van der Waals surface area contributed by atoms with Crippen LogP contribution in [0.1, 0.15) is 32.4 Å². The molecule has 0 aliphatic heterocycles. The van der Waals surface area contributed by atoms with Gasteiger partial charge in [-0.3, -0.25) is 0 Å². The minimum Gasteiger partial charge on any atom is -0.307 e. The zero-order chi connectivity index (χ0) is 13.7. The second-order valence-electron chi connectivity index (χ2n) is 5.06. The van der Waals surface area contributed by atoms with E-state index in [0.717, 1.165) is 0 Å². The average molecular weight is 273 g/mol. The Kier molecular flexibility index (Phi) is 5.29. The normalized spacial score (nSPS) is 14.5. The molecule has 0 heterocycles. The molecule has 2 atom stereocenters. The van der Waals surface area contributed by atoms with Gasteiger partial charge < -0.3 is 5.32 Å². The minimum absolute atomic E-state index is 0.400. The smallest absolute Gasteiger partial charge is 0.0294 e. The van der Waals surface area contributed by atoms with Crippen LogP contribution in [-0.4, -0.2) is 17.5 Å².